The molecular formula is C14H18N2O3S. The van der Waals surface area contributed by atoms with Gasteiger partial charge in [0, 0.05) is 5.69 Å². The smallest absolute Gasteiger partial charge is 0.210 e. The van der Waals surface area contributed by atoms with Crippen molar-refractivity contribution >= 4 is 26.6 Å². The molecule has 2 aromatic rings. The first-order chi connectivity index (χ1) is 9.54. The Hall–Kier alpha value is -1.56. The summed E-state index contributed by atoms with van der Waals surface area (Å²) in [5.74, 6) is 0.142. The van der Waals surface area contributed by atoms with Gasteiger partial charge in [-0.1, -0.05) is 19.3 Å². The van der Waals surface area contributed by atoms with Gasteiger partial charge in [0.2, 0.25) is 5.89 Å². The van der Waals surface area contributed by atoms with Crippen molar-refractivity contribution in [3.05, 3.63) is 24.1 Å². The van der Waals surface area contributed by atoms with Gasteiger partial charge in [-0.2, -0.15) is 0 Å². The average molecular weight is 294 g/mol. The van der Waals surface area contributed by atoms with Gasteiger partial charge in [0.05, 0.1) is 5.25 Å². The van der Waals surface area contributed by atoms with Crippen molar-refractivity contribution in [2.45, 2.75) is 43.1 Å². The lowest BCUT2D eigenvalue weighted by molar-refractivity contribution is 0.477. The highest BCUT2D eigenvalue weighted by atomic mass is 32.2. The number of sulfone groups is 1. The van der Waals surface area contributed by atoms with Gasteiger partial charge in [0.25, 0.3) is 0 Å². The van der Waals surface area contributed by atoms with Crippen LogP contribution in [0.3, 0.4) is 0 Å². The van der Waals surface area contributed by atoms with Crippen molar-refractivity contribution in [3.63, 3.8) is 0 Å². The van der Waals surface area contributed by atoms with Gasteiger partial charge in [-0.25, -0.2) is 13.4 Å². The van der Waals surface area contributed by atoms with Crippen LogP contribution >= 0.6 is 0 Å². The van der Waals surface area contributed by atoms with Crippen molar-refractivity contribution < 1.29 is 12.8 Å². The van der Waals surface area contributed by atoms with Gasteiger partial charge in [-0.15, -0.1) is 0 Å². The minimum absolute atomic E-state index is 0.119. The van der Waals surface area contributed by atoms with Crippen LogP contribution in [-0.2, 0) is 15.6 Å². The molecule has 20 heavy (non-hydrogen) atoms. The van der Waals surface area contributed by atoms with E-state index in [1.165, 1.54) is 0 Å². The third-order valence-corrected chi connectivity index (χ3v) is 5.98. The van der Waals surface area contributed by atoms with Crippen LogP contribution in [0.1, 0.15) is 38.0 Å². The quantitative estimate of drug-likeness (QED) is 0.879. The zero-order valence-electron chi connectivity index (χ0n) is 11.2. The molecule has 108 valence electrons. The lowest BCUT2D eigenvalue weighted by Gasteiger charge is -2.20. The Morgan fingerprint density at radius 3 is 2.75 bits per heavy atom. The minimum atomic E-state index is -3.18. The van der Waals surface area contributed by atoms with Crippen molar-refractivity contribution in [2.24, 2.45) is 0 Å². The number of hydrogen-bond acceptors (Lipinski definition) is 5. The maximum atomic E-state index is 12.4. The summed E-state index contributed by atoms with van der Waals surface area (Å²) in [6, 6.07) is 5.12. The van der Waals surface area contributed by atoms with Crippen molar-refractivity contribution in [2.75, 3.05) is 5.73 Å². The van der Waals surface area contributed by atoms with E-state index in [0.717, 1.165) is 32.1 Å². The van der Waals surface area contributed by atoms with Crippen molar-refractivity contribution in [1.82, 2.24) is 4.98 Å². The molecule has 1 aromatic carbocycles. The number of hydrogen-bond donors (Lipinski definition) is 1. The molecule has 2 N–H and O–H groups in total. The molecule has 6 heteroatoms. The normalized spacial score (nSPS) is 17.6. The zero-order valence-corrected chi connectivity index (χ0v) is 12.0. The first-order valence-corrected chi connectivity index (χ1v) is 8.63. The Kier molecular flexibility index (Phi) is 3.41. The molecule has 0 radical (unpaired) electrons. The second-order valence-corrected chi connectivity index (χ2v) is 7.68. The van der Waals surface area contributed by atoms with Crippen LogP contribution < -0.4 is 5.73 Å². The average Bonchev–Trinajstić information content (AvgIpc) is 2.80. The Bertz CT molecular complexity index is 715. The predicted molar refractivity (Wildman–Crippen MR) is 77.9 cm³/mol. The molecule has 1 fully saturated rings. The summed E-state index contributed by atoms with van der Waals surface area (Å²) in [4.78, 5) is 4.23. The molecule has 0 amide bonds. The molecule has 0 saturated heterocycles. The Morgan fingerprint density at radius 2 is 2.00 bits per heavy atom. The highest BCUT2D eigenvalue weighted by Gasteiger charge is 2.29. The van der Waals surface area contributed by atoms with Crippen molar-refractivity contribution in [3.8, 4) is 0 Å². The number of nitrogens with zero attached hydrogens (tertiary/aromatic N) is 1. The van der Waals surface area contributed by atoms with E-state index in [1.807, 2.05) is 0 Å². The molecule has 1 saturated carbocycles. The molecule has 0 bridgehead atoms. The molecule has 0 aliphatic heterocycles. The number of aromatic nitrogens is 1. The minimum Gasteiger partial charge on any atom is -0.440 e. The number of fused-ring (bicyclic) bond motifs is 1. The first-order valence-electron chi connectivity index (χ1n) is 6.91. The first kappa shape index (κ1) is 13.4. The maximum Gasteiger partial charge on any atom is 0.210 e. The number of anilines is 1. The van der Waals surface area contributed by atoms with Crippen LogP contribution in [0.25, 0.3) is 11.1 Å². The molecule has 0 unspecified atom stereocenters. The van der Waals surface area contributed by atoms with E-state index in [4.69, 9.17) is 10.2 Å². The van der Waals surface area contributed by atoms with Crippen molar-refractivity contribution in [1.29, 1.82) is 0 Å². The molecule has 1 aliphatic rings. The number of oxazole rings is 1. The van der Waals surface area contributed by atoms with Crippen LogP contribution in [0.15, 0.2) is 22.6 Å². The SMILES string of the molecule is Nc1ccc2oc(CS(=O)(=O)C3CCCCC3)nc2c1. The third-order valence-electron chi connectivity index (χ3n) is 3.84. The number of nitrogen functional groups attached to an aromatic ring is 1. The Balaban J connectivity index is 1.84. The predicted octanol–water partition coefficient (Wildman–Crippen LogP) is 2.66. The fourth-order valence-electron chi connectivity index (χ4n) is 2.77. The van der Waals surface area contributed by atoms with Gasteiger partial charge < -0.3 is 10.2 Å². The van der Waals surface area contributed by atoms with E-state index >= 15 is 0 Å². The highest BCUT2D eigenvalue weighted by molar-refractivity contribution is 7.91. The molecule has 0 spiro atoms. The molecule has 1 aliphatic carbocycles. The summed E-state index contributed by atoms with van der Waals surface area (Å²) in [5.41, 5.74) is 7.45. The molecule has 5 nitrogen and oxygen atoms in total. The Morgan fingerprint density at radius 1 is 1.25 bits per heavy atom. The van der Waals surface area contributed by atoms with Gasteiger partial charge in [-0.3, -0.25) is 0 Å². The van der Waals surface area contributed by atoms with Gasteiger partial charge in [0.1, 0.15) is 11.3 Å². The lowest BCUT2D eigenvalue weighted by Crippen LogP contribution is -2.25. The fraction of sp³-hybridized carbons (Fsp3) is 0.500. The molecular weight excluding hydrogens is 276 g/mol. The summed E-state index contributed by atoms with van der Waals surface area (Å²) in [5, 5.41) is -0.240. The number of rotatable bonds is 3. The topological polar surface area (TPSA) is 86.2 Å². The van der Waals surface area contributed by atoms with E-state index < -0.39 is 9.84 Å². The summed E-state index contributed by atoms with van der Waals surface area (Å²) in [6.07, 6.45) is 4.64. The largest absolute Gasteiger partial charge is 0.440 e. The fourth-order valence-corrected chi connectivity index (χ4v) is 4.52. The Labute approximate surface area is 118 Å². The molecule has 3 rings (SSSR count). The van der Waals surface area contributed by atoms with Crippen LogP contribution in [0.5, 0.6) is 0 Å². The lowest BCUT2D eigenvalue weighted by atomic mass is 10.0. The van der Waals surface area contributed by atoms with E-state index in [9.17, 15) is 8.42 Å². The van der Waals surface area contributed by atoms with Crippen LogP contribution in [0.4, 0.5) is 5.69 Å². The highest BCUT2D eigenvalue weighted by Crippen LogP contribution is 2.27. The zero-order chi connectivity index (χ0) is 14.2. The maximum absolute atomic E-state index is 12.4. The van der Waals surface area contributed by atoms with Gasteiger partial charge in [0.15, 0.2) is 15.4 Å². The monoisotopic (exact) mass is 294 g/mol. The number of nitrogens with two attached hydrogens (primary N) is 1. The second kappa shape index (κ2) is 5.09. The van der Waals surface area contributed by atoms with Gasteiger partial charge >= 0.3 is 0 Å². The van der Waals surface area contributed by atoms with E-state index in [-0.39, 0.29) is 16.9 Å². The van der Waals surface area contributed by atoms with E-state index in [1.54, 1.807) is 18.2 Å². The van der Waals surface area contributed by atoms with E-state index in [2.05, 4.69) is 4.98 Å². The summed E-state index contributed by atoms with van der Waals surface area (Å²) in [7, 11) is -3.18. The summed E-state index contributed by atoms with van der Waals surface area (Å²) < 4.78 is 30.3. The van der Waals surface area contributed by atoms with Gasteiger partial charge in [-0.05, 0) is 31.0 Å². The van der Waals surface area contributed by atoms with Crippen LogP contribution in [0.2, 0.25) is 0 Å². The third kappa shape index (κ3) is 2.65. The second-order valence-electron chi connectivity index (χ2n) is 5.40. The van der Waals surface area contributed by atoms with Crippen LogP contribution in [-0.4, -0.2) is 18.7 Å². The molecule has 0 atom stereocenters. The summed E-state index contributed by atoms with van der Waals surface area (Å²) in [6.45, 7) is 0. The summed E-state index contributed by atoms with van der Waals surface area (Å²) >= 11 is 0. The van der Waals surface area contributed by atoms with Crippen LogP contribution in [0, 0.1) is 0 Å². The molecule has 1 heterocycles. The standard InChI is InChI=1S/C14H18N2O3S/c15-10-6-7-13-12(8-10)16-14(19-13)9-20(17,18)11-4-2-1-3-5-11/h6-8,11H,1-5,9,15H2. The molecule has 1 aromatic heterocycles. The number of benzene rings is 1. The van der Waals surface area contributed by atoms with E-state index in [0.29, 0.717) is 16.8 Å².